The van der Waals surface area contributed by atoms with Crippen LogP contribution in [-0.4, -0.2) is 30.6 Å². The number of anilines is 1. The van der Waals surface area contributed by atoms with E-state index < -0.39 is 0 Å². The first kappa shape index (κ1) is 14.4. The summed E-state index contributed by atoms with van der Waals surface area (Å²) in [7, 11) is 0. The molecule has 1 saturated heterocycles. The van der Waals surface area contributed by atoms with Gasteiger partial charge in [0.25, 0.3) is 0 Å². The largest absolute Gasteiger partial charge is 0.330 e. The maximum absolute atomic E-state index is 12.2. The first-order chi connectivity index (χ1) is 9.72. The van der Waals surface area contributed by atoms with E-state index in [1.54, 1.807) is 24.3 Å². The Morgan fingerprint density at radius 1 is 1.55 bits per heavy atom. The quantitative estimate of drug-likeness (QED) is 0.884. The van der Waals surface area contributed by atoms with Crippen LogP contribution in [0.5, 0.6) is 0 Å². The maximum atomic E-state index is 12.2. The number of likely N-dealkylation sites (tertiary alicyclic amines) is 1. The minimum Gasteiger partial charge on any atom is -0.330 e. The number of piperidine rings is 1. The number of hydrogen-bond acceptors (Lipinski definition) is 3. The highest BCUT2D eigenvalue weighted by Crippen LogP contribution is 2.20. The normalized spacial score (nSPS) is 18.4. The van der Waals surface area contributed by atoms with Gasteiger partial charge >= 0.3 is 6.03 Å². The second kappa shape index (κ2) is 6.92. The molecule has 3 N–H and O–H groups in total. The lowest BCUT2D eigenvalue weighted by Crippen LogP contribution is -2.42. The topological polar surface area (TPSA) is 82.2 Å². The Balaban J connectivity index is 1.95. The summed E-state index contributed by atoms with van der Waals surface area (Å²) in [5.41, 5.74) is 6.79. The van der Waals surface area contributed by atoms with E-state index in [-0.39, 0.29) is 6.03 Å². The van der Waals surface area contributed by atoms with Crippen molar-refractivity contribution in [2.24, 2.45) is 11.7 Å². The third kappa shape index (κ3) is 3.72. The van der Waals surface area contributed by atoms with Gasteiger partial charge in [0.1, 0.15) is 0 Å². The first-order valence-electron chi connectivity index (χ1n) is 6.99. The predicted octanol–water partition coefficient (Wildman–Crippen LogP) is 2.15. The fourth-order valence-corrected chi connectivity index (χ4v) is 2.59. The Hall–Kier alpha value is -2.06. The minimum absolute atomic E-state index is 0.0955. The van der Waals surface area contributed by atoms with Crippen LogP contribution >= 0.6 is 0 Å². The van der Waals surface area contributed by atoms with Gasteiger partial charge in [-0.05, 0) is 49.9 Å². The minimum atomic E-state index is -0.0955. The van der Waals surface area contributed by atoms with Gasteiger partial charge in [-0.25, -0.2) is 4.79 Å². The molecule has 1 heterocycles. The molecular weight excluding hydrogens is 252 g/mol. The van der Waals surface area contributed by atoms with E-state index in [1.165, 1.54) is 0 Å². The highest BCUT2D eigenvalue weighted by Gasteiger charge is 2.23. The van der Waals surface area contributed by atoms with Crippen molar-refractivity contribution in [2.75, 3.05) is 25.0 Å². The summed E-state index contributed by atoms with van der Waals surface area (Å²) in [6.07, 6.45) is 3.13. The molecule has 2 rings (SSSR count). The summed E-state index contributed by atoms with van der Waals surface area (Å²) in [4.78, 5) is 14.1. The van der Waals surface area contributed by atoms with Gasteiger partial charge in [-0.1, -0.05) is 6.07 Å². The maximum Gasteiger partial charge on any atom is 0.321 e. The van der Waals surface area contributed by atoms with Gasteiger partial charge < -0.3 is 16.0 Å². The van der Waals surface area contributed by atoms with Crippen LogP contribution in [0, 0.1) is 17.2 Å². The highest BCUT2D eigenvalue weighted by molar-refractivity contribution is 5.89. The number of nitrogens with zero attached hydrogens (tertiary/aromatic N) is 2. The fraction of sp³-hybridized carbons (Fsp3) is 0.467. The van der Waals surface area contributed by atoms with E-state index >= 15 is 0 Å². The molecular formula is C15H20N4O. The standard InChI is InChI=1S/C15H20N4O/c16-7-6-12-4-2-8-19(11-12)15(20)18-14-5-1-3-13(9-14)10-17/h1,3,5,9,12H,2,4,6-8,11,16H2,(H,18,20). The fourth-order valence-electron chi connectivity index (χ4n) is 2.59. The zero-order valence-electron chi connectivity index (χ0n) is 11.5. The molecule has 1 aliphatic rings. The van der Waals surface area contributed by atoms with Gasteiger partial charge in [-0.15, -0.1) is 0 Å². The van der Waals surface area contributed by atoms with Crippen LogP contribution in [0.1, 0.15) is 24.8 Å². The summed E-state index contributed by atoms with van der Waals surface area (Å²) in [5, 5.41) is 11.7. The third-order valence-corrected chi connectivity index (χ3v) is 3.62. The molecule has 1 unspecified atom stereocenters. The first-order valence-corrected chi connectivity index (χ1v) is 6.99. The van der Waals surface area contributed by atoms with Crippen molar-refractivity contribution in [3.8, 4) is 6.07 Å². The lowest BCUT2D eigenvalue weighted by atomic mass is 9.95. The molecule has 0 aromatic heterocycles. The summed E-state index contributed by atoms with van der Waals surface area (Å²) in [5.74, 6) is 0.505. The number of urea groups is 1. The summed E-state index contributed by atoms with van der Waals surface area (Å²) >= 11 is 0. The van der Waals surface area contributed by atoms with Crippen molar-refractivity contribution in [1.29, 1.82) is 5.26 Å². The molecule has 1 atom stereocenters. The second-order valence-corrected chi connectivity index (χ2v) is 5.15. The Morgan fingerprint density at radius 2 is 2.40 bits per heavy atom. The molecule has 0 saturated carbocycles. The van der Waals surface area contributed by atoms with Gasteiger partial charge in [-0.2, -0.15) is 5.26 Å². The second-order valence-electron chi connectivity index (χ2n) is 5.15. The van der Waals surface area contributed by atoms with Crippen molar-refractivity contribution < 1.29 is 4.79 Å². The number of carbonyl (C=O) groups excluding carboxylic acids is 1. The Kier molecular flexibility index (Phi) is 4.97. The highest BCUT2D eigenvalue weighted by atomic mass is 16.2. The van der Waals surface area contributed by atoms with Crippen molar-refractivity contribution in [1.82, 2.24) is 4.90 Å². The SMILES string of the molecule is N#Cc1cccc(NC(=O)N2CCCC(CCN)C2)c1. The molecule has 0 bridgehead atoms. The molecule has 5 nitrogen and oxygen atoms in total. The number of rotatable bonds is 3. The van der Waals surface area contributed by atoms with Crippen molar-refractivity contribution >= 4 is 11.7 Å². The van der Waals surface area contributed by atoms with Crippen LogP contribution in [0.4, 0.5) is 10.5 Å². The molecule has 106 valence electrons. The van der Waals surface area contributed by atoms with Crippen LogP contribution in [-0.2, 0) is 0 Å². The van der Waals surface area contributed by atoms with E-state index in [0.717, 1.165) is 32.4 Å². The van der Waals surface area contributed by atoms with Gasteiger partial charge in [0.05, 0.1) is 11.6 Å². The molecule has 1 aromatic rings. The number of nitrogens with one attached hydrogen (secondary N) is 1. The van der Waals surface area contributed by atoms with E-state index in [0.29, 0.717) is 23.7 Å². The number of nitriles is 1. The van der Waals surface area contributed by atoms with Crippen LogP contribution < -0.4 is 11.1 Å². The molecule has 0 aliphatic carbocycles. The van der Waals surface area contributed by atoms with Crippen molar-refractivity contribution in [2.45, 2.75) is 19.3 Å². The summed E-state index contributed by atoms with van der Waals surface area (Å²) in [6.45, 7) is 2.22. The number of carbonyl (C=O) groups is 1. The molecule has 2 amide bonds. The number of nitrogens with two attached hydrogens (primary N) is 1. The lowest BCUT2D eigenvalue weighted by Gasteiger charge is -2.32. The van der Waals surface area contributed by atoms with Crippen molar-refractivity contribution in [3.05, 3.63) is 29.8 Å². The average Bonchev–Trinajstić information content (AvgIpc) is 2.48. The molecule has 1 aromatic carbocycles. The molecule has 5 heteroatoms. The smallest absolute Gasteiger partial charge is 0.321 e. The third-order valence-electron chi connectivity index (χ3n) is 3.62. The Morgan fingerprint density at radius 3 is 3.15 bits per heavy atom. The van der Waals surface area contributed by atoms with Gasteiger partial charge in [0, 0.05) is 18.8 Å². The zero-order valence-corrected chi connectivity index (χ0v) is 11.5. The number of amides is 2. The van der Waals surface area contributed by atoms with E-state index in [9.17, 15) is 4.79 Å². The van der Waals surface area contributed by atoms with Gasteiger partial charge in [-0.3, -0.25) is 0 Å². The van der Waals surface area contributed by atoms with Crippen LogP contribution in [0.2, 0.25) is 0 Å². The van der Waals surface area contributed by atoms with Gasteiger partial charge in [0.15, 0.2) is 0 Å². The molecule has 20 heavy (non-hydrogen) atoms. The average molecular weight is 272 g/mol. The summed E-state index contributed by atoms with van der Waals surface area (Å²) < 4.78 is 0. The Labute approximate surface area is 119 Å². The Bertz CT molecular complexity index is 507. The van der Waals surface area contributed by atoms with Crippen LogP contribution in [0.25, 0.3) is 0 Å². The molecule has 0 spiro atoms. The van der Waals surface area contributed by atoms with Crippen molar-refractivity contribution in [3.63, 3.8) is 0 Å². The van der Waals surface area contributed by atoms with E-state index in [4.69, 9.17) is 11.0 Å². The number of benzene rings is 1. The van der Waals surface area contributed by atoms with Gasteiger partial charge in [0.2, 0.25) is 0 Å². The summed E-state index contributed by atoms with van der Waals surface area (Å²) in [6, 6.07) is 8.92. The molecule has 1 aliphatic heterocycles. The van der Waals surface area contributed by atoms with Crippen LogP contribution in [0.15, 0.2) is 24.3 Å². The predicted molar refractivity (Wildman–Crippen MR) is 78.1 cm³/mol. The molecule has 0 radical (unpaired) electrons. The van der Waals surface area contributed by atoms with Crippen LogP contribution in [0.3, 0.4) is 0 Å². The molecule has 1 fully saturated rings. The lowest BCUT2D eigenvalue weighted by molar-refractivity contribution is 0.175. The van der Waals surface area contributed by atoms with E-state index in [1.807, 2.05) is 4.90 Å². The zero-order chi connectivity index (χ0) is 14.4. The van der Waals surface area contributed by atoms with E-state index in [2.05, 4.69) is 11.4 Å². The number of hydrogen-bond donors (Lipinski definition) is 2. The monoisotopic (exact) mass is 272 g/mol.